The van der Waals surface area contributed by atoms with Gasteiger partial charge in [0.15, 0.2) is 4.96 Å². The third-order valence-electron chi connectivity index (χ3n) is 3.43. The smallest absolute Gasteiger partial charge is 0.194 e. The van der Waals surface area contributed by atoms with Crippen LogP contribution in [0.2, 0.25) is 0 Å². The molecule has 1 aliphatic heterocycles. The molecule has 0 amide bonds. The first-order valence-corrected chi connectivity index (χ1v) is 9.03. The van der Waals surface area contributed by atoms with Gasteiger partial charge in [-0.15, -0.1) is 23.1 Å². The number of thiazole rings is 1. The Hall–Kier alpha value is -0.560. The van der Waals surface area contributed by atoms with Crippen molar-refractivity contribution in [1.29, 1.82) is 0 Å². The fraction of sp³-hybridized carbons (Fsp3) is 0.643. The van der Waals surface area contributed by atoms with Crippen LogP contribution >= 0.6 is 23.1 Å². The van der Waals surface area contributed by atoms with Crippen LogP contribution in [0.4, 0.5) is 0 Å². The van der Waals surface area contributed by atoms with Crippen molar-refractivity contribution in [3.63, 3.8) is 0 Å². The molecule has 2 aromatic heterocycles. The summed E-state index contributed by atoms with van der Waals surface area (Å²) in [6.07, 6.45) is 4.91. The Labute approximate surface area is 127 Å². The number of thioether (sulfide) groups is 1. The van der Waals surface area contributed by atoms with Crippen LogP contribution in [0.1, 0.15) is 32.4 Å². The van der Waals surface area contributed by atoms with Crippen LogP contribution in [-0.2, 0) is 11.3 Å². The van der Waals surface area contributed by atoms with Gasteiger partial charge in [0, 0.05) is 36.5 Å². The number of nitrogens with one attached hydrogen (secondary N) is 1. The zero-order valence-corrected chi connectivity index (χ0v) is 13.6. The van der Waals surface area contributed by atoms with Crippen LogP contribution in [0.3, 0.4) is 0 Å². The highest BCUT2D eigenvalue weighted by Gasteiger charge is 2.19. The molecule has 0 saturated carbocycles. The summed E-state index contributed by atoms with van der Waals surface area (Å²) in [5.74, 6) is 1.01. The minimum absolute atomic E-state index is 0.408. The second-order valence-electron chi connectivity index (χ2n) is 5.40. The minimum Gasteiger partial charge on any atom is -0.377 e. The van der Waals surface area contributed by atoms with E-state index in [9.17, 15) is 0 Å². The van der Waals surface area contributed by atoms with E-state index in [1.54, 1.807) is 11.3 Å². The molecule has 1 atom stereocenters. The van der Waals surface area contributed by atoms with Gasteiger partial charge in [-0.1, -0.05) is 13.8 Å². The molecule has 1 fully saturated rings. The third-order valence-corrected chi connectivity index (χ3v) is 5.33. The molecular weight excluding hydrogens is 290 g/mol. The lowest BCUT2D eigenvalue weighted by atomic mass is 10.3. The Morgan fingerprint density at radius 2 is 2.50 bits per heavy atom. The molecule has 0 bridgehead atoms. The molecule has 0 radical (unpaired) electrons. The molecule has 4 nitrogen and oxygen atoms in total. The van der Waals surface area contributed by atoms with Crippen molar-refractivity contribution in [3.05, 3.63) is 17.3 Å². The fourth-order valence-electron chi connectivity index (χ4n) is 2.34. The van der Waals surface area contributed by atoms with E-state index in [1.807, 2.05) is 11.8 Å². The molecule has 1 saturated heterocycles. The van der Waals surface area contributed by atoms with E-state index >= 15 is 0 Å². The summed E-state index contributed by atoms with van der Waals surface area (Å²) in [5, 5.41) is 6.74. The number of fused-ring (bicyclic) bond motifs is 1. The van der Waals surface area contributed by atoms with E-state index in [1.165, 1.54) is 18.5 Å². The highest BCUT2D eigenvalue weighted by molar-refractivity contribution is 7.99. The summed E-state index contributed by atoms with van der Waals surface area (Å²) in [4.78, 5) is 5.84. The number of imidazole rings is 1. The fourth-order valence-corrected chi connectivity index (χ4v) is 4.22. The first kappa shape index (κ1) is 14.4. The lowest BCUT2D eigenvalue weighted by Crippen LogP contribution is -2.23. The summed E-state index contributed by atoms with van der Waals surface area (Å²) < 4.78 is 7.91. The Morgan fingerprint density at radius 3 is 3.25 bits per heavy atom. The monoisotopic (exact) mass is 311 g/mol. The Morgan fingerprint density at radius 1 is 1.60 bits per heavy atom. The molecular formula is C14H21N3OS2. The average Bonchev–Trinajstić information content (AvgIpc) is 3.11. The van der Waals surface area contributed by atoms with E-state index in [4.69, 9.17) is 9.72 Å². The highest BCUT2D eigenvalue weighted by atomic mass is 32.2. The highest BCUT2D eigenvalue weighted by Crippen LogP contribution is 2.28. The predicted molar refractivity (Wildman–Crippen MR) is 84.7 cm³/mol. The van der Waals surface area contributed by atoms with Gasteiger partial charge in [-0.2, -0.15) is 0 Å². The normalized spacial score (nSPS) is 19.4. The van der Waals surface area contributed by atoms with Crippen LogP contribution in [-0.4, -0.2) is 33.9 Å². The van der Waals surface area contributed by atoms with Crippen LogP contribution in [0.25, 0.3) is 4.96 Å². The topological polar surface area (TPSA) is 38.6 Å². The van der Waals surface area contributed by atoms with Gasteiger partial charge in [0.2, 0.25) is 0 Å². The predicted octanol–water partition coefficient (Wildman–Crippen LogP) is 3.16. The summed E-state index contributed by atoms with van der Waals surface area (Å²) in [6, 6.07) is 0.482. The number of hydrogen-bond donors (Lipinski definition) is 1. The summed E-state index contributed by atoms with van der Waals surface area (Å²) in [5.41, 5.74) is 1.28. The van der Waals surface area contributed by atoms with E-state index < -0.39 is 0 Å². The third kappa shape index (κ3) is 3.19. The quantitative estimate of drug-likeness (QED) is 0.832. The summed E-state index contributed by atoms with van der Waals surface area (Å²) in [7, 11) is 0. The zero-order chi connectivity index (χ0) is 13.9. The maximum atomic E-state index is 5.70. The summed E-state index contributed by atoms with van der Waals surface area (Å²) >= 11 is 3.53. The van der Waals surface area contributed by atoms with E-state index in [0.717, 1.165) is 28.9 Å². The van der Waals surface area contributed by atoms with Crippen LogP contribution < -0.4 is 5.32 Å². The van der Waals surface area contributed by atoms with Crippen molar-refractivity contribution in [3.8, 4) is 0 Å². The largest absolute Gasteiger partial charge is 0.377 e. The molecule has 6 heteroatoms. The summed E-state index contributed by atoms with van der Waals surface area (Å²) in [6.45, 7) is 6.13. The lowest BCUT2D eigenvalue weighted by Gasteiger charge is -2.10. The molecule has 3 heterocycles. The van der Waals surface area contributed by atoms with E-state index in [-0.39, 0.29) is 0 Å². The first-order chi connectivity index (χ1) is 9.74. The molecule has 0 spiro atoms. The second kappa shape index (κ2) is 6.47. The van der Waals surface area contributed by atoms with Crippen molar-refractivity contribution in [1.82, 2.24) is 14.7 Å². The minimum atomic E-state index is 0.408. The van der Waals surface area contributed by atoms with Crippen LogP contribution in [0.5, 0.6) is 0 Å². The maximum absolute atomic E-state index is 5.70. The van der Waals surface area contributed by atoms with Gasteiger partial charge in [0.25, 0.3) is 0 Å². The standard InChI is InChI=1S/C14H21N3OS2/c1-10(2)15-8-12-13(16-14-17(12)5-7-19-14)20-9-11-4-3-6-18-11/h5,7,10-11,15H,3-4,6,8-9H2,1-2H3. The number of rotatable bonds is 6. The van der Waals surface area contributed by atoms with E-state index in [2.05, 4.69) is 35.1 Å². The van der Waals surface area contributed by atoms with Gasteiger partial charge in [-0.25, -0.2) is 4.98 Å². The van der Waals surface area contributed by atoms with Crippen LogP contribution in [0.15, 0.2) is 16.6 Å². The van der Waals surface area contributed by atoms with Gasteiger partial charge in [-0.05, 0) is 12.8 Å². The van der Waals surface area contributed by atoms with Crippen molar-refractivity contribution in [2.45, 2.75) is 50.4 Å². The number of hydrogen-bond acceptors (Lipinski definition) is 5. The lowest BCUT2D eigenvalue weighted by molar-refractivity contribution is 0.129. The van der Waals surface area contributed by atoms with Crippen molar-refractivity contribution in [2.75, 3.05) is 12.4 Å². The maximum Gasteiger partial charge on any atom is 0.194 e. The zero-order valence-electron chi connectivity index (χ0n) is 12.0. The van der Waals surface area contributed by atoms with Crippen molar-refractivity contribution >= 4 is 28.1 Å². The molecule has 2 aromatic rings. The van der Waals surface area contributed by atoms with Gasteiger partial charge >= 0.3 is 0 Å². The molecule has 20 heavy (non-hydrogen) atoms. The molecule has 1 unspecified atom stereocenters. The SMILES string of the molecule is CC(C)NCc1c(SCC2CCCO2)nc2sccn12. The Bertz CT molecular complexity index is 558. The van der Waals surface area contributed by atoms with Crippen molar-refractivity contribution in [2.24, 2.45) is 0 Å². The number of ether oxygens (including phenoxy) is 1. The van der Waals surface area contributed by atoms with Crippen LogP contribution in [0, 0.1) is 0 Å². The molecule has 3 rings (SSSR count). The molecule has 0 aromatic carbocycles. The molecule has 110 valence electrons. The van der Waals surface area contributed by atoms with Crippen molar-refractivity contribution < 1.29 is 4.74 Å². The average molecular weight is 311 g/mol. The molecule has 1 N–H and O–H groups in total. The number of nitrogens with zero attached hydrogens (tertiary/aromatic N) is 2. The Balaban J connectivity index is 1.73. The van der Waals surface area contributed by atoms with Gasteiger partial charge in [0.05, 0.1) is 11.8 Å². The van der Waals surface area contributed by atoms with Gasteiger partial charge < -0.3 is 10.1 Å². The van der Waals surface area contributed by atoms with Gasteiger partial charge in [0.1, 0.15) is 5.03 Å². The first-order valence-electron chi connectivity index (χ1n) is 7.16. The number of aromatic nitrogens is 2. The van der Waals surface area contributed by atoms with Gasteiger partial charge in [-0.3, -0.25) is 4.40 Å². The van der Waals surface area contributed by atoms with E-state index in [0.29, 0.717) is 12.1 Å². The second-order valence-corrected chi connectivity index (χ2v) is 7.28. The molecule has 0 aliphatic carbocycles. The molecule has 1 aliphatic rings. The Kier molecular flexibility index (Phi) is 4.65.